The average molecular weight is 829 g/mol. The summed E-state index contributed by atoms with van der Waals surface area (Å²) in [5.74, 6) is 2.10. The van der Waals surface area contributed by atoms with Crippen LogP contribution in [0.25, 0.3) is 39.0 Å². The second-order valence-electron chi connectivity index (χ2n) is 20.0. The quantitative estimate of drug-likeness (QED) is 0.107. The molecule has 0 aliphatic heterocycles. The maximum absolute atomic E-state index is 9.15. The van der Waals surface area contributed by atoms with E-state index >= 15 is 0 Å². The van der Waals surface area contributed by atoms with Crippen LogP contribution < -0.4 is 9.30 Å². The largest absolute Gasteiger partial charge is 0.458 e. The first kappa shape index (κ1) is 39.1. The molecule has 0 aliphatic rings. The summed E-state index contributed by atoms with van der Waals surface area (Å²) in [5.41, 5.74) is 9.68. The van der Waals surface area contributed by atoms with Crippen LogP contribution in [0.1, 0.15) is 105 Å². The zero-order chi connectivity index (χ0) is 46.1. The highest BCUT2D eigenvalue weighted by Crippen LogP contribution is 2.45. The first-order chi connectivity index (χ1) is 30.8. The maximum atomic E-state index is 9.15. The van der Waals surface area contributed by atoms with Crippen molar-refractivity contribution in [2.45, 2.75) is 90.9 Å². The molecule has 0 radical (unpaired) electrons. The number of pyridine rings is 1. The van der Waals surface area contributed by atoms with Gasteiger partial charge in [0.15, 0.2) is 0 Å². The van der Waals surface area contributed by atoms with Crippen LogP contribution in [0.5, 0.6) is 11.5 Å². The molecule has 0 saturated carbocycles. The summed E-state index contributed by atoms with van der Waals surface area (Å²) in [7, 11) is 0. The zero-order valence-electron chi connectivity index (χ0n) is 40.2. The van der Waals surface area contributed by atoms with Crippen molar-refractivity contribution in [2.24, 2.45) is 0 Å². The number of rotatable bonds is 9. The zero-order valence-corrected chi connectivity index (χ0v) is 38.2. The molecule has 0 spiro atoms. The van der Waals surface area contributed by atoms with Crippen molar-refractivity contribution in [3.63, 3.8) is 0 Å². The van der Waals surface area contributed by atoms with Crippen molar-refractivity contribution in [2.75, 3.05) is 0 Å². The van der Waals surface area contributed by atoms with Gasteiger partial charge in [0.2, 0.25) is 0 Å². The van der Waals surface area contributed by atoms with Crippen molar-refractivity contribution in [1.82, 2.24) is 14.1 Å². The van der Waals surface area contributed by atoms with E-state index in [1.54, 1.807) is 9.13 Å². The first-order valence-corrected chi connectivity index (χ1v) is 22.0. The highest BCUT2D eigenvalue weighted by atomic mass is 16.5. The predicted molar refractivity (Wildman–Crippen MR) is 259 cm³/mol. The topological polar surface area (TPSA) is 35.9 Å². The molecule has 5 nitrogen and oxygen atoms in total. The van der Waals surface area contributed by atoms with Gasteiger partial charge in [-0.2, -0.15) is 0 Å². The van der Waals surface area contributed by atoms with E-state index in [-0.39, 0.29) is 28.6 Å². The van der Waals surface area contributed by atoms with E-state index in [4.69, 9.17) is 12.5 Å². The number of imidazole rings is 1. The van der Waals surface area contributed by atoms with Crippen LogP contribution in [-0.2, 0) is 21.7 Å². The molecule has 0 amide bonds. The number of hydrogen-bond acceptors (Lipinski definition) is 2. The number of para-hydroxylation sites is 1. The molecule has 6 aromatic carbocycles. The van der Waals surface area contributed by atoms with Gasteiger partial charge in [-0.25, -0.2) is 4.98 Å². The van der Waals surface area contributed by atoms with E-state index < -0.39 is 5.41 Å². The Bertz CT molecular complexity index is 3190. The van der Waals surface area contributed by atoms with Crippen molar-refractivity contribution < 1.29 is 12.0 Å². The minimum atomic E-state index is -0.421. The SMILES string of the molecule is [2H]c1c([2H])[n+](-c2cc(C(C)(C)C)cc(C(C)(C)C)c2)[c-]n1-c1cccc(Oc2cc(C(C)(C)c3ccccc3)c3c4ccccc4n(-c4cc(C(C)(C)c5ccccc5)ccn4)c3c2)c1. The van der Waals surface area contributed by atoms with Gasteiger partial charge in [-0.05, 0) is 98.8 Å². The van der Waals surface area contributed by atoms with Crippen LogP contribution in [0.4, 0.5) is 0 Å². The number of benzene rings is 6. The summed E-state index contributed by atoms with van der Waals surface area (Å²) < 4.78 is 30.8. The van der Waals surface area contributed by atoms with Crippen molar-refractivity contribution >= 4 is 21.8 Å². The van der Waals surface area contributed by atoms with Gasteiger partial charge < -0.3 is 4.74 Å². The van der Waals surface area contributed by atoms with Crippen LogP contribution in [0.15, 0.2) is 170 Å². The molecule has 316 valence electrons. The van der Waals surface area contributed by atoms with E-state index in [0.717, 1.165) is 44.4 Å². The lowest BCUT2D eigenvalue weighted by molar-refractivity contribution is -0.599. The Morgan fingerprint density at radius 1 is 0.556 bits per heavy atom. The lowest BCUT2D eigenvalue weighted by Crippen LogP contribution is -2.30. The molecular weight excluding hydrogens is 769 g/mol. The Kier molecular flexibility index (Phi) is 9.67. The molecule has 0 bridgehead atoms. The Morgan fingerprint density at radius 3 is 1.86 bits per heavy atom. The molecule has 3 heterocycles. The highest BCUT2D eigenvalue weighted by molar-refractivity contribution is 6.11. The Balaban J connectivity index is 1.19. The van der Waals surface area contributed by atoms with Crippen molar-refractivity contribution in [3.05, 3.63) is 210 Å². The molecule has 0 aliphatic carbocycles. The second kappa shape index (κ2) is 15.6. The van der Waals surface area contributed by atoms with Gasteiger partial charge in [-0.1, -0.05) is 160 Å². The van der Waals surface area contributed by atoms with Gasteiger partial charge in [-0.15, -0.1) is 0 Å². The Labute approximate surface area is 376 Å². The first-order valence-electron chi connectivity index (χ1n) is 23.0. The number of ether oxygens (including phenoxy) is 1. The van der Waals surface area contributed by atoms with Gasteiger partial charge in [-0.3, -0.25) is 13.7 Å². The van der Waals surface area contributed by atoms with Crippen LogP contribution >= 0.6 is 0 Å². The third-order valence-corrected chi connectivity index (χ3v) is 12.8. The lowest BCUT2D eigenvalue weighted by atomic mass is 9.76. The summed E-state index contributed by atoms with van der Waals surface area (Å²) in [6.45, 7) is 22.3. The molecule has 63 heavy (non-hydrogen) atoms. The van der Waals surface area contributed by atoms with Gasteiger partial charge in [0.1, 0.15) is 17.3 Å². The molecule has 0 atom stereocenters. The molecule has 9 aromatic rings. The van der Waals surface area contributed by atoms with E-state index in [1.165, 1.54) is 22.3 Å². The average Bonchev–Trinajstić information content (AvgIpc) is 3.78. The predicted octanol–water partition coefficient (Wildman–Crippen LogP) is 14.1. The molecule has 0 saturated heterocycles. The Morgan fingerprint density at radius 2 is 1.19 bits per heavy atom. The van der Waals surface area contributed by atoms with E-state index in [9.17, 15) is 0 Å². The number of hydrogen-bond donors (Lipinski definition) is 0. The molecule has 9 rings (SSSR count). The number of aromatic nitrogens is 4. The van der Waals surface area contributed by atoms with Crippen molar-refractivity contribution in [1.29, 1.82) is 0 Å². The smallest absolute Gasteiger partial charge is 0.268 e. The van der Waals surface area contributed by atoms with Gasteiger partial charge in [0.25, 0.3) is 6.33 Å². The normalized spacial score (nSPS) is 13.0. The molecule has 0 N–H and O–H groups in total. The molecular formula is C58H58N4O. The molecule has 3 aromatic heterocycles. The minimum absolute atomic E-state index is 0.0311. The summed E-state index contributed by atoms with van der Waals surface area (Å²) in [5, 5.41) is 2.28. The van der Waals surface area contributed by atoms with Crippen LogP contribution in [0.2, 0.25) is 0 Å². The molecule has 5 heteroatoms. The summed E-state index contributed by atoms with van der Waals surface area (Å²) in [6.07, 6.45) is 5.37. The number of nitrogens with zero attached hydrogens (tertiary/aromatic N) is 4. The second-order valence-corrected chi connectivity index (χ2v) is 20.0. The minimum Gasteiger partial charge on any atom is -0.458 e. The molecule has 0 fully saturated rings. The van der Waals surface area contributed by atoms with Crippen LogP contribution in [0, 0.1) is 6.33 Å². The Hall–Kier alpha value is -6.72. The summed E-state index contributed by atoms with van der Waals surface area (Å²) in [4.78, 5) is 5.05. The van der Waals surface area contributed by atoms with E-state index in [0.29, 0.717) is 17.2 Å². The van der Waals surface area contributed by atoms with Crippen LogP contribution in [0.3, 0.4) is 0 Å². The summed E-state index contributed by atoms with van der Waals surface area (Å²) >= 11 is 0. The van der Waals surface area contributed by atoms with E-state index in [2.05, 4.69) is 208 Å². The van der Waals surface area contributed by atoms with Gasteiger partial charge >= 0.3 is 0 Å². The standard InChI is InChI=1S/C58H58N4O/c1-55(2,3)43-32-44(56(4,5)6)34-46(33-43)61-31-30-60(39-61)45-24-19-25-47(36-45)63-48-37-50(58(9,10)41-22-15-12-16-23-41)54-49-26-17-18-27-51(49)62(52(54)38-48)53-35-42(28-29-59-53)57(7,8)40-20-13-11-14-21-40/h11-38H,1-10H3/i30D,31D. The highest BCUT2D eigenvalue weighted by Gasteiger charge is 2.30. The third kappa shape index (κ3) is 7.86. The summed E-state index contributed by atoms with van der Waals surface area (Å²) in [6, 6.07) is 52.7. The fourth-order valence-corrected chi connectivity index (χ4v) is 8.75. The fourth-order valence-electron chi connectivity index (χ4n) is 8.75. The van der Waals surface area contributed by atoms with Crippen molar-refractivity contribution in [3.8, 4) is 28.7 Å². The maximum Gasteiger partial charge on any atom is 0.268 e. The van der Waals surface area contributed by atoms with E-state index in [1.807, 2.05) is 30.5 Å². The fraction of sp³-hybridized carbons (Fsp3) is 0.241. The van der Waals surface area contributed by atoms with Crippen LogP contribution in [-0.4, -0.2) is 14.1 Å². The lowest BCUT2D eigenvalue weighted by Gasteiger charge is -2.28. The van der Waals surface area contributed by atoms with Gasteiger partial charge in [0.05, 0.1) is 25.1 Å². The third-order valence-electron chi connectivity index (χ3n) is 12.8. The number of fused-ring (bicyclic) bond motifs is 3. The monoisotopic (exact) mass is 828 g/mol. The van der Waals surface area contributed by atoms with Gasteiger partial charge in [0, 0.05) is 46.2 Å². The molecule has 0 unspecified atom stereocenters.